The summed E-state index contributed by atoms with van der Waals surface area (Å²) in [4.78, 5) is 16.6. The molecular formula is C19H20N4O. The number of H-pyrrole nitrogens is 1. The summed E-state index contributed by atoms with van der Waals surface area (Å²) in [5, 5.41) is 9.93. The zero-order valence-electron chi connectivity index (χ0n) is 13.8. The van der Waals surface area contributed by atoms with Crippen LogP contribution in [0.1, 0.15) is 28.3 Å². The first kappa shape index (κ1) is 15.9. The minimum atomic E-state index is -0.120. The molecule has 0 aliphatic carbocycles. The molecule has 0 bridgehead atoms. The Labute approximate surface area is 141 Å². The molecule has 5 heteroatoms. The molecule has 2 aromatic carbocycles. The number of benzene rings is 2. The maximum Gasteiger partial charge on any atom is 0.232 e. The maximum absolute atomic E-state index is 12.2. The van der Waals surface area contributed by atoms with E-state index in [4.69, 9.17) is 0 Å². The van der Waals surface area contributed by atoms with E-state index in [-0.39, 0.29) is 12.3 Å². The lowest BCUT2D eigenvalue weighted by atomic mass is 10.1. The van der Waals surface area contributed by atoms with Crippen molar-refractivity contribution in [3.05, 3.63) is 76.9 Å². The highest BCUT2D eigenvalue weighted by Crippen LogP contribution is 2.14. The van der Waals surface area contributed by atoms with E-state index < -0.39 is 0 Å². The van der Waals surface area contributed by atoms with Crippen LogP contribution < -0.4 is 5.32 Å². The van der Waals surface area contributed by atoms with Gasteiger partial charge in [-0.15, -0.1) is 0 Å². The van der Waals surface area contributed by atoms with Crippen LogP contribution in [0.4, 0.5) is 5.69 Å². The van der Waals surface area contributed by atoms with E-state index in [1.165, 1.54) is 0 Å². The quantitative estimate of drug-likeness (QED) is 0.758. The molecule has 2 N–H and O–H groups in total. The lowest BCUT2D eigenvalue weighted by Crippen LogP contribution is -2.15. The number of hydrogen-bond donors (Lipinski definition) is 2. The molecule has 3 aromatic rings. The lowest BCUT2D eigenvalue weighted by molar-refractivity contribution is -0.115. The number of nitrogens with zero attached hydrogens (tertiary/aromatic N) is 2. The van der Waals surface area contributed by atoms with Gasteiger partial charge < -0.3 is 5.32 Å². The molecule has 122 valence electrons. The number of nitrogens with one attached hydrogen (secondary N) is 2. The van der Waals surface area contributed by atoms with E-state index in [1.54, 1.807) is 0 Å². The van der Waals surface area contributed by atoms with Crippen LogP contribution in [-0.2, 0) is 17.6 Å². The van der Waals surface area contributed by atoms with E-state index in [0.717, 1.165) is 28.2 Å². The largest absolute Gasteiger partial charge is 0.326 e. The van der Waals surface area contributed by atoms with Gasteiger partial charge in [0.15, 0.2) is 5.82 Å². The Kier molecular flexibility index (Phi) is 4.70. The fraction of sp³-hybridized carbons (Fsp3) is 0.211. The predicted molar refractivity (Wildman–Crippen MR) is 93.9 cm³/mol. The SMILES string of the molecule is Cc1cc(C)cc(NC(=O)Cc2n[nH]c(Cc3ccccc3)n2)c1. The van der Waals surface area contributed by atoms with Crippen molar-refractivity contribution in [1.82, 2.24) is 15.2 Å². The van der Waals surface area contributed by atoms with Gasteiger partial charge in [0.25, 0.3) is 0 Å². The summed E-state index contributed by atoms with van der Waals surface area (Å²) in [5.74, 6) is 1.14. The molecule has 0 unspecified atom stereocenters. The minimum Gasteiger partial charge on any atom is -0.326 e. The highest BCUT2D eigenvalue weighted by molar-refractivity contribution is 5.92. The Morgan fingerprint density at radius 3 is 2.50 bits per heavy atom. The summed E-state index contributed by atoms with van der Waals surface area (Å²) in [5.41, 5.74) is 4.19. The van der Waals surface area contributed by atoms with Gasteiger partial charge in [-0.1, -0.05) is 36.4 Å². The summed E-state index contributed by atoms with van der Waals surface area (Å²) in [6, 6.07) is 16.0. The molecule has 0 saturated carbocycles. The number of aryl methyl sites for hydroxylation is 2. The van der Waals surface area contributed by atoms with Crippen molar-refractivity contribution in [3.63, 3.8) is 0 Å². The number of carbonyl (C=O) groups is 1. The predicted octanol–water partition coefficient (Wildman–Crippen LogP) is 3.19. The van der Waals surface area contributed by atoms with Gasteiger partial charge in [-0.2, -0.15) is 5.10 Å². The van der Waals surface area contributed by atoms with Gasteiger partial charge in [0.2, 0.25) is 5.91 Å². The molecule has 1 aromatic heterocycles. The van der Waals surface area contributed by atoms with Gasteiger partial charge in [0.05, 0.1) is 6.42 Å². The van der Waals surface area contributed by atoms with Gasteiger partial charge in [0.1, 0.15) is 5.82 Å². The summed E-state index contributed by atoms with van der Waals surface area (Å²) in [6.07, 6.45) is 0.824. The monoisotopic (exact) mass is 320 g/mol. The highest BCUT2D eigenvalue weighted by atomic mass is 16.1. The molecule has 5 nitrogen and oxygen atoms in total. The first-order chi connectivity index (χ1) is 11.6. The van der Waals surface area contributed by atoms with Crippen molar-refractivity contribution >= 4 is 11.6 Å². The summed E-state index contributed by atoms with van der Waals surface area (Å²) < 4.78 is 0. The van der Waals surface area contributed by atoms with E-state index in [9.17, 15) is 4.79 Å². The maximum atomic E-state index is 12.2. The third kappa shape index (κ3) is 4.29. The first-order valence-corrected chi connectivity index (χ1v) is 7.91. The second-order valence-corrected chi connectivity index (χ2v) is 5.96. The fourth-order valence-corrected chi connectivity index (χ4v) is 2.68. The van der Waals surface area contributed by atoms with E-state index in [2.05, 4.69) is 26.6 Å². The van der Waals surface area contributed by atoms with Gasteiger partial charge in [0, 0.05) is 12.1 Å². The van der Waals surface area contributed by atoms with Crippen LogP contribution >= 0.6 is 0 Å². The molecule has 0 spiro atoms. The van der Waals surface area contributed by atoms with Crippen LogP contribution in [0.15, 0.2) is 48.5 Å². The van der Waals surface area contributed by atoms with Crippen LogP contribution in [0.25, 0.3) is 0 Å². The topological polar surface area (TPSA) is 70.7 Å². The highest BCUT2D eigenvalue weighted by Gasteiger charge is 2.10. The molecule has 0 radical (unpaired) electrons. The van der Waals surface area contributed by atoms with Crippen molar-refractivity contribution < 1.29 is 4.79 Å². The number of hydrogen-bond acceptors (Lipinski definition) is 3. The average molecular weight is 320 g/mol. The molecular weight excluding hydrogens is 300 g/mol. The second-order valence-electron chi connectivity index (χ2n) is 5.96. The summed E-state index contributed by atoms with van der Waals surface area (Å²) in [6.45, 7) is 4.02. The molecule has 0 aliphatic heterocycles. The zero-order valence-corrected chi connectivity index (χ0v) is 13.8. The third-order valence-electron chi connectivity index (χ3n) is 3.62. The van der Waals surface area contributed by atoms with Gasteiger partial charge in [-0.05, 0) is 42.7 Å². The number of aromatic nitrogens is 3. The van der Waals surface area contributed by atoms with Crippen LogP contribution in [0.5, 0.6) is 0 Å². The Balaban J connectivity index is 1.61. The van der Waals surface area contributed by atoms with E-state index in [1.807, 2.05) is 56.3 Å². The Hall–Kier alpha value is -2.95. The van der Waals surface area contributed by atoms with Crippen molar-refractivity contribution in [2.45, 2.75) is 26.7 Å². The van der Waals surface area contributed by atoms with Crippen LogP contribution in [-0.4, -0.2) is 21.1 Å². The number of amides is 1. The zero-order chi connectivity index (χ0) is 16.9. The Morgan fingerprint density at radius 2 is 1.79 bits per heavy atom. The average Bonchev–Trinajstić information content (AvgIpc) is 2.94. The van der Waals surface area contributed by atoms with Crippen LogP contribution in [0.3, 0.4) is 0 Å². The van der Waals surface area contributed by atoms with E-state index >= 15 is 0 Å². The number of aromatic amines is 1. The molecule has 0 atom stereocenters. The summed E-state index contributed by atoms with van der Waals surface area (Å²) in [7, 11) is 0. The lowest BCUT2D eigenvalue weighted by Gasteiger charge is -2.06. The Morgan fingerprint density at radius 1 is 1.08 bits per heavy atom. The molecule has 1 amide bonds. The fourth-order valence-electron chi connectivity index (χ4n) is 2.68. The Bertz CT molecular complexity index is 819. The molecule has 0 aliphatic rings. The minimum absolute atomic E-state index is 0.120. The second kappa shape index (κ2) is 7.08. The van der Waals surface area contributed by atoms with Crippen molar-refractivity contribution in [2.75, 3.05) is 5.32 Å². The molecule has 24 heavy (non-hydrogen) atoms. The normalized spacial score (nSPS) is 10.6. The van der Waals surface area contributed by atoms with Gasteiger partial charge >= 0.3 is 0 Å². The van der Waals surface area contributed by atoms with Crippen LogP contribution in [0.2, 0.25) is 0 Å². The van der Waals surface area contributed by atoms with Crippen molar-refractivity contribution in [1.29, 1.82) is 0 Å². The molecule has 1 heterocycles. The van der Waals surface area contributed by atoms with Crippen molar-refractivity contribution in [2.24, 2.45) is 0 Å². The van der Waals surface area contributed by atoms with Crippen LogP contribution in [0, 0.1) is 13.8 Å². The first-order valence-electron chi connectivity index (χ1n) is 7.91. The molecule has 0 fully saturated rings. The number of rotatable bonds is 5. The summed E-state index contributed by atoms with van der Waals surface area (Å²) >= 11 is 0. The third-order valence-corrected chi connectivity index (χ3v) is 3.62. The van der Waals surface area contributed by atoms with Crippen molar-refractivity contribution in [3.8, 4) is 0 Å². The van der Waals surface area contributed by atoms with Gasteiger partial charge in [-0.3, -0.25) is 9.89 Å². The smallest absolute Gasteiger partial charge is 0.232 e. The molecule has 3 rings (SSSR count). The van der Waals surface area contributed by atoms with E-state index in [0.29, 0.717) is 12.2 Å². The standard InChI is InChI=1S/C19H20N4O/c1-13-8-14(2)10-16(9-13)20-19(24)12-18-21-17(22-23-18)11-15-6-4-3-5-7-15/h3-10H,11-12H2,1-2H3,(H,20,24)(H,21,22,23). The number of carbonyl (C=O) groups excluding carboxylic acids is 1. The molecule has 0 saturated heterocycles. The van der Waals surface area contributed by atoms with Gasteiger partial charge in [-0.25, -0.2) is 4.98 Å². The number of anilines is 1.